The van der Waals surface area contributed by atoms with Gasteiger partial charge in [-0.3, -0.25) is 4.98 Å². The summed E-state index contributed by atoms with van der Waals surface area (Å²) in [6.07, 6.45) is 9.07. The van der Waals surface area contributed by atoms with E-state index in [1.54, 1.807) is 6.20 Å². The average molecular weight is 480 g/mol. The lowest BCUT2D eigenvalue weighted by Crippen LogP contribution is -2.51. The maximum Gasteiger partial charge on any atom is 0.125 e. The van der Waals surface area contributed by atoms with Crippen LogP contribution in [-0.4, -0.2) is 15.7 Å². The van der Waals surface area contributed by atoms with Crippen molar-refractivity contribution in [3.05, 3.63) is 95.3 Å². The predicted molar refractivity (Wildman–Crippen MR) is 145 cm³/mol. The molecular formula is C33H37NO2. The number of fused-ring (bicyclic) bond motifs is 3. The van der Waals surface area contributed by atoms with Crippen LogP contribution in [0.3, 0.4) is 0 Å². The lowest BCUT2D eigenvalue weighted by atomic mass is 9.52. The molecule has 1 saturated carbocycles. The monoisotopic (exact) mass is 479 g/mol. The van der Waals surface area contributed by atoms with Gasteiger partial charge in [0.1, 0.15) is 18.0 Å². The Morgan fingerprint density at radius 1 is 1.03 bits per heavy atom. The van der Waals surface area contributed by atoms with E-state index >= 15 is 0 Å². The summed E-state index contributed by atoms with van der Waals surface area (Å²) in [5, 5.41) is 11.5. The van der Waals surface area contributed by atoms with Crippen LogP contribution in [0.1, 0.15) is 68.7 Å². The molecule has 1 fully saturated rings. The van der Waals surface area contributed by atoms with Crippen LogP contribution in [0.25, 0.3) is 0 Å². The van der Waals surface area contributed by atoms with Crippen molar-refractivity contribution in [1.29, 1.82) is 0 Å². The molecule has 1 aromatic heterocycles. The highest BCUT2D eigenvalue weighted by atomic mass is 16.5. The second-order valence-corrected chi connectivity index (χ2v) is 11.8. The second-order valence-electron chi connectivity index (χ2n) is 11.8. The molecule has 3 heteroatoms. The molecule has 1 heterocycles. The molecular weight excluding hydrogens is 442 g/mol. The van der Waals surface area contributed by atoms with Gasteiger partial charge >= 0.3 is 0 Å². The van der Waals surface area contributed by atoms with Crippen molar-refractivity contribution in [2.45, 2.75) is 76.9 Å². The number of nitrogens with zero attached hydrogens (tertiary/aromatic N) is 1. The van der Waals surface area contributed by atoms with E-state index in [1.807, 2.05) is 18.3 Å². The summed E-state index contributed by atoms with van der Waals surface area (Å²) in [7, 11) is 0. The molecule has 2 aliphatic carbocycles. The van der Waals surface area contributed by atoms with Crippen molar-refractivity contribution < 1.29 is 9.84 Å². The SMILES string of the molecule is CC(C)(C)C#C[C@@]1(O)CC[C@@]2(Cc3ccccc3)c3ccc(OCc4cccnc4)cc3CC[C@@H]2C1. The maximum atomic E-state index is 11.5. The minimum atomic E-state index is -0.900. The van der Waals surface area contributed by atoms with Crippen molar-refractivity contribution in [3.63, 3.8) is 0 Å². The van der Waals surface area contributed by atoms with Crippen molar-refractivity contribution in [2.24, 2.45) is 11.3 Å². The van der Waals surface area contributed by atoms with E-state index in [1.165, 1.54) is 16.7 Å². The van der Waals surface area contributed by atoms with Crippen LogP contribution in [0.5, 0.6) is 5.75 Å². The smallest absolute Gasteiger partial charge is 0.125 e. The molecule has 0 amide bonds. The quantitative estimate of drug-likeness (QED) is 0.416. The third kappa shape index (κ3) is 5.35. The van der Waals surface area contributed by atoms with Crippen LogP contribution < -0.4 is 4.74 Å². The van der Waals surface area contributed by atoms with Crippen LogP contribution in [0, 0.1) is 23.2 Å². The van der Waals surface area contributed by atoms with Gasteiger partial charge in [-0.1, -0.05) is 54.3 Å². The Morgan fingerprint density at radius 3 is 2.58 bits per heavy atom. The summed E-state index contributed by atoms with van der Waals surface area (Å²) in [6.45, 7) is 6.84. The van der Waals surface area contributed by atoms with E-state index < -0.39 is 5.60 Å². The first-order chi connectivity index (χ1) is 17.2. The predicted octanol–water partition coefficient (Wildman–Crippen LogP) is 6.67. The van der Waals surface area contributed by atoms with Gasteiger partial charge in [-0.25, -0.2) is 0 Å². The molecule has 2 aliphatic rings. The van der Waals surface area contributed by atoms with Gasteiger partial charge in [-0.05, 0) is 100 Å². The number of aryl methyl sites for hydroxylation is 1. The van der Waals surface area contributed by atoms with E-state index in [2.05, 4.69) is 86.1 Å². The summed E-state index contributed by atoms with van der Waals surface area (Å²) in [6, 6.07) is 21.5. The summed E-state index contributed by atoms with van der Waals surface area (Å²) in [4.78, 5) is 4.19. The Hall–Kier alpha value is -3.09. The van der Waals surface area contributed by atoms with Crippen molar-refractivity contribution in [3.8, 4) is 17.6 Å². The topological polar surface area (TPSA) is 42.4 Å². The zero-order valence-corrected chi connectivity index (χ0v) is 21.8. The third-order valence-electron chi connectivity index (χ3n) is 7.89. The van der Waals surface area contributed by atoms with Gasteiger partial charge in [-0.15, -0.1) is 0 Å². The lowest BCUT2D eigenvalue weighted by molar-refractivity contribution is -0.00823. The molecule has 3 nitrogen and oxygen atoms in total. The Morgan fingerprint density at radius 2 is 1.83 bits per heavy atom. The molecule has 0 radical (unpaired) electrons. The molecule has 186 valence electrons. The van der Waals surface area contributed by atoms with Crippen LogP contribution in [0.2, 0.25) is 0 Å². The highest BCUT2D eigenvalue weighted by Crippen LogP contribution is 2.54. The zero-order chi connectivity index (χ0) is 25.2. The Kier molecular flexibility index (Phi) is 6.66. The van der Waals surface area contributed by atoms with Gasteiger partial charge in [0.2, 0.25) is 0 Å². The number of hydrogen-bond donors (Lipinski definition) is 1. The van der Waals surface area contributed by atoms with Crippen LogP contribution in [0.15, 0.2) is 73.1 Å². The molecule has 3 atom stereocenters. The lowest BCUT2D eigenvalue weighted by Gasteiger charge is -2.52. The molecule has 36 heavy (non-hydrogen) atoms. The number of aromatic nitrogens is 1. The number of ether oxygens (including phenoxy) is 1. The van der Waals surface area contributed by atoms with E-state index in [0.29, 0.717) is 18.9 Å². The van der Waals surface area contributed by atoms with Crippen LogP contribution >= 0.6 is 0 Å². The van der Waals surface area contributed by atoms with Gasteiger partial charge in [0.15, 0.2) is 0 Å². The fourth-order valence-corrected chi connectivity index (χ4v) is 6.11. The number of rotatable bonds is 5. The van der Waals surface area contributed by atoms with Crippen molar-refractivity contribution in [2.75, 3.05) is 0 Å². The second kappa shape index (κ2) is 9.75. The average Bonchev–Trinajstić information content (AvgIpc) is 2.87. The molecule has 0 unspecified atom stereocenters. The molecule has 0 spiro atoms. The first kappa shape index (κ1) is 24.6. The van der Waals surface area contributed by atoms with Gasteiger partial charge in [0, 0.05) is 28.8 Å². The summed E-state index contributed by atoms with van der Waals surface area (Å²) in [5.41, 5.74) is 4.24. The molecule has 0 bridgehead atoms. The van der Waals surface area contributed by atoms with Gasteiger partial charge < -0.3 is 9.84 Å². The largest absolute Gasteiger partial charge is 0.489 e. The number of benzene rings is 2. The molecule has 0 aliphatic heterocycles. The number of hydrogen-bond acceptors (Lipinski definition) is 3. The number of aliphatic hydroxyl groups is 1. The van der Waals surface area contributed by atoms with Crippen LogP contribution in [-0.2, 0) is 24.9 Å². The fourth-order valence-electron chi connectivity index (χ4n) is 6.11. The minimum absolute atomic E-state index is 0.00641. The molecule has 3 aromatic rings. The summed E-state index contributed by atoms with van der Waals surface area (Å²) in [5.74, 6) is 7.92. The van der Waals surface area contributed by atoms with Gasteiger partial charge in [-0.2, -0.15) is 0 Å². The Bertz CT molecular complexity index is 1250. The summed E-state index contributed by atoms with van der Waals surface area (Å²) < 4.78 is 6.14. The number of pyridine rings is 1. The standard InChI is InChI=1S/C33H37NO2/c1-31(2,3)15-16-32(35)17-18-33(21-25-8-5-4-6-9-25)28(22-32)12-11-27-20-29(13-14-30(27)33)36-24-26-10-7-19-34-23-26/h4-10,13-14,19-20,23,28,35H,11-12,17-18,21-22,24H2,1-3H3/t28-,32-,33+/m1/s1. The van der Waals surface area contributed by atoms with Crippen LogP contribution in [0.4, 0.5) is 0 Å². The minimum Gasteiger partial charge on any atom is -0.489 e. The van der Waals surface area contributed by atoms with E-state index in [9.17, 15) is 5.11 Å². The maximum absolute atomic E-state index is 11.5. The molecule has 1 N–H and O–H groups in total. The van der Waals surface area contributed by atoms with E-state index in [-0.39, 0.29) is 10.8 Å². The molecule has 0 saturated heterocycles. The first-order valence-electron chi connectivity index (χ1n) is 13.2. The Labute approximate surface area is 215 Å². The van der Waals surface area contributed by atoms with E-state index in [0.717, 1.165) is 43.4 Å². The highest BCUT2D eigenvalue weighted by molar-refractivity contribution is 5.45. The molecule has 2 aromatic carbocycles. The van der Waals surface area contributed by atoms with Gasteiger partial charge in [0.05, 0.1) is 0 Å². The normalized spacial score (nSPS) is 25.2. The van der Waals surface area contributed by atoms with Crippen molar-refractivity contribution >= 4 is 0 Å². The first-order valence-corrected chi connectivity index (χ1v) is 13.2. The Balaban J connectivity index is 1.46. The van der Waals surface area contributed by atoms with Crippen molar-refractivity contribution in [1.82, 2.24) is 4.98 Å². The third-order valence-corrected chi connectivity index (χ3v) is 7.89. The van der Waals surface area contributed by atoms with Gasteiger partial charge in [0.25, 0.3) is 0 Å². The fraction of sp³-hybridized carbons (Fsp3) is 0.424. The zero-order valence-electron chi connectivity index (χ0n) is 21.8. The molecule has 5 rings (SSSR count). The highest BCUT2D eigenvalue weighted by Gasteiger charge is 2.51. The summed E-state index contributed by atoms with van der Waals surface area (Å²) >= 11 is 0. The van der Waals surface area contributed by atoms with E-state index in [4.69, 9.17) is 4.74 Å².